The van der Waals surface area contributed by atoms with E-state index in [1.54, 1.807) is 20.8 Å². The highest BCUT2D eigenvalue weighted by molar-refractivity contribution is 8.13. The smallest absolute Gasteiger partial charge is 0.410 e. The fourth-order valence-corrected chi connectivity index (χ4v) is 1.94. The van der Waals surface area contributed by atoms with Crippen LogP contribution in [0.2, 0.25) is 0 Å². The van der Waals surface area contributed by atoms with E-state index in [4.69, 9.17) is 4.74 Å². The quantitative estimate of drug-likeness (QED) is 0.300. The van der Waals surface area contributed by atoms with E-state index in [0.29, 0.717) is 11.8 Å². The third-order valence-electron chi connectivity index (χ3n) is 2.62. The number of ether oxygens (including phenoxy) is 5. The van der Waals surface area contributed by atoms with Gasteiger partial charge >= 0.3 is 29.3 Å². The van der Waals surface area contributed by atoms with Crippen LogP contribution in [0.15, 0.2) is 0 Å². The molecule has 0 aliphatic rings. The molecule has 0 aliphatic carbocycles. The summed E-state index contributed by atoms with van der Waals surface area (Å²) in [6, 6.07) is -1.21. The molecule has 0 spiro atoms. The minimum Gasteiger partial charge on any atom is -0.464 e. The molecule has 1 atom stereocenters. The van der Waals surface area contributed by atoms with Gasteiger partial charge in [0.05, 0.1) is 6.61 Å². The van der Waals surface area contributed by atoms with Crippen LogP contribution in [0.5, 0.6) is 0 Å². The van der Waals surface area contributed by atoms with Crippen molar-refractivity contribution in [2.24, 2.45) is 0 Å². The summed E-state index contributed by atoms with van der Waals surface area (Å²) in [6.45, 7) is 3.60. The van der Waals surface area contributed by atoms with Crippen molar-refractivity contribution in [3.8, 4) is 0 Å². The number of carbonyl (C=O) groups is 5. The highest BCUT2D eigenvalue weighted by Gasteiger charge is 2.25. The van der Waals surface area contributed by atoms with Crippen LogP contribution in [0, 0.1) is 0 Å². The summed E-state index contributed by atoms with van der Waals surface area (Å²) in [7, 11) is 0. The third-order valence-corrected chi connectivity index (χ3v) is 3.47. The first-order valence-corrected chi connectivity index (χ1v) is 9.03. The van der Waals surface area contributed by atoms with E-state index < -0.39 is 48.9 Å². The van der Waals surface area contributed by atoms with Gasteiger partial charge in [0.15, 0.2) is 0 Å². The molecule has 0 rings (SSSR count). The van der Waals surface area contributed by atoms with Gasteiger partial charge in [-0.25, -0.2) is 14.4 Å². The first-order chi connectivity index (χ1) is 12.8. The minimum absolute atomic E-state index is 0.0578. The summed E-state index contributed by atoms with van der Waals surface area (Å²) in [5.41, 5.74) is 0. The van der Waals surface area contributed by atoms with Crippen molar-refractivity contribution in [3.05, 3.63) is 0 Å². The van der Waals surface area contributed by atoms with E-state index in [0.717, 1.165) is 0 Å². The zero-order chi connectivity index (χ0) is 20.7. The highest BCUT2D eigenvalue weighted by atomic mass is 32.2. The number of rotatable bonds is 11. The molecule has 0 aliphatic heterocycles. The van der Waals surface area contributed by atoms with Gasteiger partial charge in [0.1, 0.15) is 6.04 Å². The molecule has 0 aromatic carbocycles. The van der Waals surface area contributed by atoms with E-state index in [9.17, 15) is 24.0 Å². The Balaban J connectivity index is 4.40. The molecule has 0 aromatic rings. The van der Waals surface area contributed by atoms with E-state index in [2.05, 4.69) is 24.3 Å². The summed E-state index contributed by atoms with van der Waals surface area (Å²) in [5, 5.41) is 1.37. The van der Waals surface area contributed by atoms with Crippen molar-refractivity contribution in [1.29, 1.82) is 0 Å². The van der Waals surface area contributed by atoms with Crippen molar-refractivity contribution in [1.82, 2.24) is 5.32 Å². The molecule has 0 unspecified atom stereocenters. The predicted octanol–water partition coefficient (Wildman–Crippen LogP) is 1.34. The molecule has 27 heavy (non-hydrogen) atoms. The number of thioether (sulfide) groups is 1. The lowest BCUT2D eigenvalue weighted by atomic mass is 10.3. The van der Waals surface area contributed by atoms with E-state index in [-0.39, 0.29) is 25.2 Å². The maximum Gasteiger partial charge on any atom is 0.410 e. The fourth-order valence-electron chi connectivity index (χ4n) is 1.28. The normalized spacial score (nSPS) is 10.9. The van der Waals surface area contributed by atoms with Crippen LogP contribution in [0.1, 0.15) is 33.6 Å². The molecule has 0 aromatic heterocycles. The molecule has 12 heteroatoms. The standard InChI is InChI=1S/C15H23NO10S/c1-4-11(17)23-8-25-14(20)16-10(13(19)22-6-3)7-27-15(21)26-9-24-12(18)5-2/h10H,4-9H2,1-3H3,(H,16,20)/t10-/m0/s1. The molecule has 0 fully saturated rings. The number of esters is 3. The van der Waals surface area contributed by atoms with Crippen LogP contribution in [0.25, 0.3) is 0 Å². The zero-order valence-electron chi connectivity index (χ0n) is 15.3. The average Bonchev–Trinajstić information content (AvgIpc) is 2.64. The van der Waals surface area contributed by atoms with Gasteiger partial charge < -0.3 is 29.0 Å². The second-order valence-corrected chi connectivity index (χ2v) is 5.52. The molecule has 0 radical (unpaired) electrons. The molecule has 154 valence electrons. The van der Waals surface area contributed by atoms with Gasteiger partial charge in [-0.05, 0) is 18.7 Å². The molecule has 1 N–H and O–H groups in total. The van der Waals surface area contributed by atoms with Gasteiger partial charge in [-0.1, -0.05) is 13.8 Å². The first-order valence-electron chi connectivity index (χ1n) is 8.04. The van der Waals surface area contributed by atoms with Gasteiger partial charge in [0.2, 0.25) is 13.6 Å². The Kier molecular flexibility index (Phi) is 13.3. The van der Waals surface area contributed by atoms with Gasteiger partial charge in [-0.2, -0.15) is 0 Å². The van der Waals surface area contributed by atoms with Crippen LogP contribution in [0.4, 0.5) is 9.59 Å². The summed E-state index contributed by atoms with van der Waals surface area (Å²) in [4.78, 5) is 56.9. The number of alkyl carbamates (subject to hydrolysis) is 1. The minimum atomic E-state index is -1.21. The lowest BCUT2D eigenvalue weighted by Crippen LogP contribution is -2.44. The molecule has 0 heterocycles. The van der Waals surface area contributed by atoms with Crippen LogP contribution in [-0.2, 0) is 38.1 Å². The van der Waals surface area contributed by atoms with Crippen molar-refractivity contribution in [2.45, 2.75) is 39.7 Å². The zero-order valence-corrected chi connectivity index (χ0v) is 16.1. The third kappa shape index (κ3) is 12.5. The lowest BCUT2D eigenvalue weighted by molar-refractivity contribution is -0.152. The number of nitrogens with one attached hydrogen (secondary N) is 1. The van der Waals surface area contributed by atoms with E-state index >= 15 is 0 Å². The second kappa shape index (κ2) is 14.6. The van der Waals surface area contributed by atoms with Crippen LogP contribution < -0.4 is 5.32 Å². The topological polar surface area (TPSA) is 144 Å². The lowest BCUT2D eigenvalue weighted by Gasteiger charge is -2.16. The van der Waals surface area contributed by atoms with Gasteiger partial charge in [0, 0.05) is 18.6 Å². The van der Waals surface area contributed by atoms with Crippen LogP contribution >= 0.6 is 11.8 Å². The highest BCUT2D eigenvalue weighted by Crippen LogP contribution is 2.09. The molecule has 0 bridgehead atoms. The average molecular weight is 409 g/mol. The first kappa shape index (κ1) is 24.5. The number of carbonyl (C=O) groups excluding carboxylic acids is 5. The Morgan fingerprint density at radius 3 is 1.89 bits per heavy atom. The molecule has 1 amide bonds. The Labute approximate surface area is 160 Å². The molecular weight excluding hydrogens is 386 g/mol. The second-order valence-electron chi connectivity index (χ2n) is 4.56. The predicted molar refractivity (Wildman–Crippen MR) is 91.5 cm³/mol. The largest absolute Gasteiger partial charge is 0.464 e. The summed E-state index contributed by atoms with van der Waals surface area (Å²) in [5.74, 6) is -2.11. The fraction of sp³-hybridized carbons (Fsp3) is 0.667. The summed E-state index contributed by atoms with van der Waals surface area (Å²) in [6.07, 6.45) is -0.791. The Bertz CT molecular complexity index is 525. The van der Waals surface area contributed by atoms with Crippen molar-refractivity contribution >= 4 is 41.1 Å². The summed E-state index contributed by atoms with van der Waals surface area (Å²) >= 11 is 0.563. The maximum absolute atomic E-state index is 11.8. The van der Waals surface area contributed by atoms with Crippen LogP contribution in [-0.4, -0.2) is 61.3 Å². The maximum atomic E-state index is 11.8. The molecule has 11 nitrogen and oxygen atoms in total. The SMILES string of the molecule is CCOC(=O)[C@H](CSC(=O)OCOC(=O)CC)NC(=O)OCOC(=O)CC. The van der Waals surface area contributed by atoms with Crippen molar-refractivity contribution < 1.29 is 47.7 Å². The van der Waals surface area contributed by atoms with Gasteiger partial charge in [-0.3, -0.25) is 9.59 Å². The van der Waals surface area contributed by atoms with E-state index in [1.807, 2.05) is 0 Å². The number of amides is 1. The molecule has 0 saturated heterocycles. The molecular formula is C15H23NO10S. The van der Waals surface area contributed by atoms with Gasteiger partial charge in [-0.15, -0.1) is 0 Å². The Morgan fingerprint density at radius 2 is 1.37 bits per heavy atom. The van der Waals surface area contributed by atoms with Crippen molar-refractivity contribution in [2.75, 3.05) is 25.9 Å². The van der Waals surface area contributed by atoms with Crippen molar-refractivity contribution in [3.63, 3.8) is 0 Å². The van der Waals surface area contributed by atoms with Crippen LogP contribution in [0.3, 0.4) is 0 Å². The number of hydrogen-bond acceptors (Lipinski definition) is 11. The van der Waals surface area contributed by atoms with Gasteiger partial charge in [0.25, 0.3) is 0 Å². The van der Waals surface area contributed by atoms with E-state index in [1.165, 1.54) is 0 Å². The summed E-state index contributed by atoms with van der Waals surface area (Å²) < 4.78 is 23.2. The number of hydrogen-bond donors (Lipinski definition) is 1. The molecule has 0 saturated carbocycles. The monoisotopic (exact) mass is 409 g/mol. The Morgan fingerprint density at radius 1 is 0.815 bits per heavy atom. The Hall–Kier alpha value is -2.50.